The predicted molar refractivity (Wildman–Crippen MR) is 118 cm³/mol. The van der Waals surface area contributed by atoms with E-state index in [4.69, 9.17) is 5.26 Å². The van der Waals surface area contributed by atoms with Crippen LogP contribution < -0.4 is 16.3 Å². The molecule has 0 aliphatic heterocycles. The lowest BCUT2D eigenvalue weighted by molar-refractivity contribution is 0.326. The number of nitriles is 1. The SMILES string of the molecule is CN(C)c1nc(=O)n(C2CCCCC2)c(=O)n1C.N#Cc1cc(Br)c(O)c(Br)c1. The van der Waals surface area contributed by atoms with E-state index in [1.54, 1.807) is 38.2 Å². The molecule has 8 nitrogen and oxygen atoms in total. The van der Waals surface area contributed by atoms with Gasteiger partial charge < -0.3 is 10.0 Å². The second-order valence-corrected chi connectivity index (χ2v) is 8.70. The highest BCUT2D eigenvalue weighted by atomic mass is 79.9. The minimum absolute atomic E-state index is 0.0219. The first-order valence-corrected chi connectivity index (χ1v) is 10.7. The molecule has 0 bridgehead atoms. The van der Waals surface area contributed by atoms with Crippen LogP contribution in [0.3, 0.4) is 0 Å². The molecule has 1 aliphatic rings. The van der Waals surface area contributed by atoms with Gasteiger partial charge in [-0.2, -0.15) is 10.2 Å². The molecule has 0 amide bonds. The first-order chi connectivity index (χ1) is 13.7. The van der Waals surface area contributed by atoms with Crippen LogP contribution in [-0.4, -0.2) is 33.3 Å². The fourth-order valence-electron chi connectivity index (χ4n) is 3.23. The molecule has 2 aromatic rings. The van der Waals surface area contributed by atoms with Crippen LogP contribution in [-0.2, 0) is 7.05 Å². The number of rotatable bonds is 2. The van der Waals surface area contributed by atoms with Gasteiger partial charge in [0, 0.05) is 27.2 Å². The number of nitrogens with zero attached hydrogens (tertiary/aromatic N) is 5. The van der Waals surface area contributed by atoms with E-state index in [0.717, 1.165) is 25.7 Å². The van der Waals surface area contributed by atoms with E-state index in [-0.39, 0.29) is 17.5 Å². The Kier molecular flexibility index (Phi) is 8.05. The van der Waals surface area contributed by atoms with E-state index in [1.165, 1.54) is 15.6 Å². The molecule has 0 saturated heterocycles. The molecule has 1 N–H and O–H groups in total. The van der Waals surface area contributed by atoms with Crippen LogP contribution in [0.1, 0.15) is 43.7 Å². The summed E-state index contributed by atoms with van der Waals surface area (Å²) in [4.78, 5) is 30.0. The third-order valence-corrected chi connectivity index (χ3v) is 5.89. The van der Waals surface area contributed by atoms with Crippen LogP contribution in [0, 0.1) is 11.3 Å². The number of benzene rings is 1. The molecule has 156 valence electrons. The number of phenols is 1. The summed E-state index contributed by atoms with van der Waals surface area (Å²) in [6.45, 7) is 0. The van der Waals surface area contributed by atoms with Gasteiger partial charge in [-0.05, 0) is 56.8 Å². The second-order valence-electron chi connectivity index (χ2n) is 6.99. The first-order valence-electron chi connectivity index (χ1n) is 9.12. The summed E-state index contributed by atoms with van der Waals surface area (Å²) in [6.07, 6.45) is 5.15. The van der Waals surface area contributed by atoms with Crippen LogP contribution in [0.15, 0.2) is 30.7 Å². The first kappa shape index (κ1) is 23.2. The number of phenolic OH excluding ortho intramolecular Hbond substituents is 1. The van der Waals surface area contributed by atoms with Crippen molar-refractivity contribution in [3.63, 3.8) is 0 Å². The highest BCUT2D eigenvalue weighted by Crippen LogP contribution is 2.32. The summed E-state index contributed by atoms with van der Waals surface area (Å²) >= 11 is 6.21. The normalized spacial score (nSPS) is 13.9. The largest absolute Gasteiger partial charge is 0.506 e. The molecular formula is C19H23Br2N5O3. The van der Waals surface area contributed by atoms with Crippen LogP contribution >= 0.6 is 31.9 Å². The third kappa shape index (κ3) is 5.48. The van der Waals surface area contributed by atoms with Gasteiger partial charge >= 0.3 is 11.4 Å². The Bertz CT molecular complexity index is 1010. The Balaban J connectivity index is 0.000000234. The van der Waals surface area contributed by atoms with Gasteiger partial charge in [-0.15, -0.1) is 0 Å². The maximum absolute atomic E-state index is 12.3. The summed E-state index contributed by atoms with van der Waals surface area (Å²) in [5, 5.41) is 17.7. The Morgan fingerprint density at radius 3 is 2.21 bits per heavy atom. The zero-order chi connectivity index (χ0) is 21.7. The number of hydrogen-bond acceptors (Lipinski definition) is 6. The van der Waals surface area contributed by atoms with Gasteiger partial charge in [-0.25, -0.2) is 14.2 Å². The highest BCUT2D eigenvalue weighted by molar-refractivity contribution is 9.11. The summed E-state index contributed by atoms with van der Waals surface area (Å²) in [5.41, 5.74) is -0.180. The van der Waals surface area contributed by atoms with E-state index < -0.39 is 5.69 Å². The van der Waals surface area contributed by atoms with Crippen molar-refractivity contribution in [2.24, 2.45) is 7.05 Å². The smallest absolute Gasteiger partial charge is 0.355 e. The van der Waals surface area contributed by atoms with E-state index >= 15 is 0 Å². The molecule has 10 heteroatoms. The fraction of sp³-hybridized carbons (Fsp3) is 0.474. The van der Waals surface area contributed by atoms with Crippen LogP contribution in [0.25, 0.3) is 0 Å². The topological polar surface area (TPSA) is 104 Å². The zero-order valence-electron chi connectivity index (χ0n) is 16.5. The quantitative estimate of drug-likeness (QED) is 0.641. The van der Waals surface area contributed by atoms with Gasteiger partial charge in [-0.3, -0.25) is 4.57 Å². The van der Waals surface area contributed by atoms with Gasteiger partial charge in [-0.1, -0.05) is 19.3 Å². The lowest BCUT2D eigenvalue weighted by Gasteiger charge is -2.24. The van der Waals surface area contributed by atoms with E-state index in [9.17, 15) is 14.7 Å². The lowest BCUT2D eigenvalue weighted by atomic mass is 9.95. The average molecular weight is 529 g/mol. The van der Waals surface area contributed by atoms with Crippen molar-refractivity contribution in [1.82, 2.24) is 14.1 Å². The van der Waals surface area contributed by atoms with Crippen molar-refractivity contribution in [3.05, 3.63) is 47.6 Å². The van der Waals surface area contributed by atoms with Crippen molar-refractivity contribution in [1.29, 1.82) is 5.26 Å². The van der Waals surface area contributed by atoms with Crippen molar-refractivity contribution >= 4 is 37.8 Å². The van der Waals surface area contributed by atoms with Gasteiger partial charge in [0.05, 0.1) is 20.6 Å². The minimum atomic E-state index is -0.423. The average Bonchev–Trinajstić information content (AvgIpc) is 2.69. The number of anilines is 1. The van der Waals surface area contributed by atoms with E-state index in [2.05, 4.69) is 36.8 Å². The molecule has 0 atom stereocenters. The zero-order valence-corrected chi connectivity index (χ0v) is 19.7. The molecule has 0 unspecified atom stereocenters. The molecule has 1 fully saturated rings. The molecule has 29 heavy (non-hydrogen) atoms. The van der Waals surface area contributed by atoms with Crippen LogP contribution in [0.4, 0.5) is 5.95 Å². The summed E-state index contributed by atoms with van der Waals surface area (Å²) in [7, 11) is 5.20. The predicted octanol–water partition coefficient (Wildman–Crippen LogP) is 3.30. The molecule has 1 aliphatic carbocycles. The molecule has 3 rings (SSSR count). The minimum Gasteiger partial charge on any atom is -0.506 e. The van der Waals surface area contributed by atoms with Gasteiger partial charge in [0.25, 0.3) is 0 Å². The van der Waals surface area contributed by atoms with Gasteiger partial charge in [0.2, 0.25) is 5.95 Å². The number of aromatic hydroxyl groups is 1. The maximum atomic E-state index is 12.3. The van der Waals surface area contributed by atoms with E-state index in [1.807, 2.05) is 6.07 Å². The van der Waals surface area contributed by atoms with Gasteiger partial charge in [0.1, 0.15) is 5.75 Å². The lowest BCUT2D eigenvalue weighted by Crippen LogP contribution is -2.45. The number of halogens is 2. The van der Waals surface area contributed by atoms with Gasteiger partial charge in [0.15, 0.2) is 0 Å². The van der Waals surface area contributed by atoms with Crippen LogP contribution in [0.5, 0.6) is 5.75 Å². The molecule has 0 radical (unpaired) electrons. The maximum Gasteiger partial charge on any atom is 0.355 e. The van der Waals surface area contributed by atoms with E-state index in [0.29, 0.717) is 20.5 Å². The molecule has 1 aromatic carbocycles. The van der Waals surface area contributed by atoms with Crippen molar-refractivity contribution < 1.29 is 5.11 Å². The van der Waals surface area contributed by atoms with Crippen LogP contribution in [0.2, 0.25) is 0 Å². The van der Waals surface area contributed by atoms with Crippen molar-refractivity contribution in [3.8, 4) is 11.8 Å². The summed E-state index contributed by atoms with van der Waals surface area (Å²) in [6, 6.07) is 5.10. The number of aromatic nitrogens is 3. The Labute approximate surface area is 185 Å². The molecule has 0 spiro atoms. The standard InChI is InChI=1S/C12H20N4O2.C7H3Br2NO/c1-14(2)10-13-11(17)16(12(18)15(10)3)9-7-5-4-6-8-9;8-5-1-4(3-10)2-6(9)7(5)11/h9H,4-8H2,1-3H3;1-2,11H. The number of hydrogen-bond donors (Lipinski definition) is 1. The fourth-order valence-corrected chi connectivity index (χ4v) is 4.41. The monoisotopic (exact) mass is 527 g/mol. The third-order valence-electron chi connectivity index (χ3n) is 4.68. The Hall–Kier alpha value is -2.12. The molecule has 1 heterocycles. The van der Waals surface area contributed by atoms with Crippen molar-refractivity contribution in [2.75, 3.05) is 19.0 Å². The Morgan fingerprint density at radius 2 is 1.72 bits per heavy atom. The summed E-state index contributed by atoms with van der Waals surface area (Å²) in [5.74, 6) is 0.515. The Morgan fingerprint density at radius 1 is 1.17 bits per heavy atom. The molecular weight excluding hydrogens is 506 g/mol. The second kappa shape index (κ2) is 10.1. The molecule has 1 saturated carbocycles. The highest BCUT2D eigenvalue weighted by Gasteiger charge is 2.21. The molecule has 1 aromatic heterocycles. The summed E-state index contributed by atoms with van der Waals surface area (Å²) < 4.78 is 3.80. The van der Waals surface area contributed by atoms with Crippen molar-refractivity contribution in [2.45, 2.75) is 38.1 Å².